The zero-order valence-corrected chi connectivity index (χ0v) is 18.3. The highest BCUT2D eigenvalue weighted by Gasteiger charge is 2.28. The van der Waals surface area contributed by atoms with Crippen LogP contribution in [0.4, 0.5) is 5.82 Å². The molecule has 0 aliphatic carbocycles. The van der Waals surface area contributed by atoms with Crippen molar-refractivity contribution in [3.05, 3.63) is 12.2 Å². The van der Waals surface area contributed by atoms with Crippen molar-refractivity contribution in [3.63, 3.8) is 0 Å². The van der Waals surface area contributed by atoms with Crippen molar-refractivity contribution in [2.75, 3.05) is 57.4 Å². The Hall–Kier alpha value is -2.26. The fraction of sp³-hybridized carbons (Fsp3) is 0.727. The average molecular weight is 428 g/mol. The minimum Gasteiger partial charge on any atom is -0.379 e. The van der Waals surface area contributed by atoms with Gasteiger partial charge in [0.2, 0.25) is 5.91 Å². The number of imidazole rings is 1. The van der Waals surface area contributed by atoms with Gasteiger partial charge in [-0.3, -0.25) is 9.69 Å². The largest absolute Gasteiger partial charge is 0.379 e. The first-order chi connectivity index (χ1) is 15.3. The lowest BCUT2D eigenvalue weighted by Crippen LogP contribution is -2.44. The summed E-state index contributed by atoms with van der Waals surface area (Å²) in [4.78, 5) is 31.4. The highest BCUT2D eigenvalue weighted by molar-refractivity contribution is 5.84. The number of hydrogen-bond donors (Lipinski definition) is 1. The second kappa shape index (κ2) is 9.48. The van der Waals surface area contributed by atoms with Gasteiger partial charge in [-0.25, -0.2) is 15.0 Å². The van der Waals surface area contributed by atoms with Crippen molar-refractivity contribution in [3.8, 4) is 0 Å². The molecule has 2 saturated heterocycles. The number of carbonyl (C=O) groups excluding carboxylic acids is 1. The third-order valence-corrected chi connectivity index (χ3v) is 6.87. The van der Waals surface area contributed by atoms with Gasteiger partial charge < -0.3 is 19.5 Å². The van der Waals surface area contributed by atoms with Crippen LogP contribution in [0.15, 0.2) is 6.33 Å². The maximum absolute atomic E-state index is 12.6. The number of nitrogens with zero attached hydrogens (tertiary/aromatic N) is 6. The van der Waals surface area contributed by atoms with Gasteiger partial charge in [-0.2, -0.15) is 0 Å². The number of hydrogen-bond acceptors (Lipinski definition) is 7. The summed E-state index contributed by atoms with van der Waals surface area (Å²) < 4.78 is 7.66. The van der Waals surface area contributed by atoms with Crippen LogP contribution in [0.2, 0.25) is 0 Å². The number of piperidine rings is 1. The molecule has 9 heteroatoms. The van der Waals surface area contributed by atoms with Crippen LogP contribution in [-0.2, 0) is 22.5 Å². The molecule has 31 heavy (non-hydrogen) atoms. The predicted octanol–water partition coefficient (Wildman–Crippen LogP) is 1.22. The topological polar surface area (TPSA) is 88.4 Å². The van der Waals surface area contributed by atoms with E-state index in [1.54, 1.807) is 6.33 Å². The normalized spacial score (nSPS) is 21.1. The molecule has 1 N–H and O–H groups in total. The second-order valence-electron chi connectivity index (χ2n) is 8.87. The fourth-order valence-electron chi connectivity index (χ4n) is 5.02. The van der Waals surface area contributed by atoms with Crippen LogP contribution in [0.25, 0.3) is 11.2 Å². The Morgan fingerprint density at radius 3 is 2.74 bits per heavy atom. The number of fused-ring (bicyclic) bond motifs is 3. The zero-order valence-electron chi connectivity index (χ0n) is 18.3. The molecule has 0 spiro atoms. The second-order valence-corrected chi connectivity index (χ2v) is 8.87. The highest BCUT2D eigenvalue weighted by Crippen LogP contribution is 2.29. The summed E-state index contributed by atoms with van der Waals surface area (Å²) in [5.74, 6) is 2.34. The van der Waals surface area contributed by atoms with Crippen LogP contribution in [0, 0.1) is 5.92 Å². The van der Waals surface area contributed by atoms with E-state index in [2.05, 4.69) is 29.7 Å². The molecular weight excluding hydrogens is 394 g/mol. The molecule has 0 saturated carbocycles. The van der Waals surface area contributed by atoms with Crippen LogP contribution in [-0.4, -0.2) is 82.8 Å². The van der Waals surface area contributed by atoms with E-state index in [1.165, 1.54) is 19.3 Å². The molecule has 1 amide bonds. The molecule has 2 aromatic heterocycles. The SMILES string of the molecule is O=C(NCCN1CCOCC1)C1CCN(c2ncnc3c2nc2n3CCCCC2)CC1. The number of rotatable bonds is 5. The number of carbonyl (C=O) groups is 1. The van der Waals surface area contributed by atoms with E-state index in [-0.39, 0.29) is 11.8 Å². The van der Waals surface area contributed by atoms with Crippen molar-refractivity contribution in [2.24, 2.45) is 5.92 Å². The zero-order chi connectivity index (χ0) is 21.0. The summed E-state index contributed by atoms with van der Waals surface area (Å²) in [6.45, 7) is 7.77. The van der Waals surface area contributed by atoms with E-state index in [9.17, 15) is 4.79 Å². The first-order valence-corrected chi connectivity index (χ1v) is 11.8. The molecule has 168 valence electrons. The van der Waals surface area contributed by atoms with Crippen LogP contribution in [0.3, 0.4) is 0 Å². The molecule has 0 atom stereocenters. The van der Waals surface area contributed by atoms with Gasteiger partial charge >= 0.3 is 0 Å². The average Bonchev–Trinajstić information content (AvgIpc) is 3.00. The number of nitrogens with one attached hydrogen (secondary N) is 1. The molecule has 9 nitrogen and oxygen atoms in total. The lowest BCUT2D eigenvalue weighted by Gasteiger charge is -2.32. The Labute approximate surface area is 183 Å². The quantitative estimate of drug-likeness (QED) is 0.767. The Morgan fingerprint density at radius 1 is 1.06 bits per heavy atom. The molecular formula is C22H33N7O2. The minimum absolute atomic E-state index is 0.0805. The van der Waals surface area contributed by atoms with Gasteiger partial charge in [0.25, 0.3) is 0 Å². The van der Waals surface area contributed by atoms with E-state index in [4.69, 9.17) is 9.72 Å². The Morgan fingerprint density at radius 2 is 1.90 bits per heavy atom. The fourth-order valence-corrected chi connectivity index (χ4v) is 5.02. The van der Waals surface area contributed by atoms with E-state index in [0.717, 1.165) is 94.6 Å². The molecule has 2 fully saturated rings. The highest BCUT2D eigenvalue weighted by atomic mass is 16.5. The van der Waals surface area contributed by atoms with Crippen molar-refractivity contribution in [1.82, 2.24) is 29.7 Å². The number of aryl methyl sites for hydroxylation is 2. The monoisotopic (exact) mass is 427 g/mol. The maximum atomic E-state index is 12.6. The predicted molar refractivity (Wildman–Crippen MR) is 118 cm³/mol. The van der Waals surface area contributed by atoms with Crippen molar-refractivity contribution >= 4 is 22.9 Å². The number of amides is 1. The van der Waals surface area contributed by atoms with Crippen molar-refractivity contribution in [2.45, 2.75) is 45.1 Å². The molecule has 5 heterocycles. The number of anilines is 1. The first-order valence-electron chi connectivity index (χ1n) is 11.8. The van der Waals surface area contributed by atoms with Gasteiger partial charge in [0.05, 0.1) is 13.2 Å². The number of aromatic nitrogens is 4. The summed E-state index contributed by atoms with van der Waals surface area (Å²) in [5, 5.41) is 3.14. The third-order valence-electron chi connectivity index (χ3n) is 6.87. The molecule has 3 aliphatic rings. The van der Waals surface area contributed by atoms with Gasteiger partial charge in [-0.15, -0.1) is 0 Å². The lowest BCUT2D eigenvalue weighted by molar-refractivity contribution is -0.125. The first kappa shape index (κ1) is 20.6. The molecule has 3 aliphatic heterocycles. The van der Waals surface area contributed by atoms with Crippen LogP contribution < -0.4 is 10.2 Å². The third kappa shape index (κ3) is 4.52. The van der Waals surface area contributed by atoms with Gasteiger partial charge in [0.1, 0.15) is 12.2 Å². The summed E-state index contributed by atoms with van der Waals surface area (Å²) in [6, 6.07) is 0. The molecule has 0 bridgehead atoms. The van der Waals surface area contributed by atoms with Gasteiger partial charge in [0, 0.05) is 58.2 Å². The van der Waals surface area contributed by atoms with E-state index in [1.807, 2.05) is 0 Å². The van der Waals surface area contributed by atoms with E-state index < -0.39 is 0 Å². The summed E-state index contributed by atoms with van der Waals surface area (Å²) in [5.41, 5.74) is 1.89. The number of ether oxygens (including phenoxy) is 1. The maximum Gasteiger partial charge on any atom is 0.223 e. The van der Waals surface area contributed by atoms with Crippen LogP contribution >= 0.6 is 0 Å². The van der Waals surface area contributed by atoms with Crippen molar-refractivity contribution in [1.29, 1.82) is 0 Å². The molecule has 5 rings (SSSR count). The van der Waals surface area contributed by atoms with Gasteiger partial charge in [-0.05, 0) is 25.7 Å². The van der Waals surface area contributed by atoms with Gasteiger partial charge in [-0.1, -0.05) is 6.42 Å². The lowest BCUT2D eigenvalue weighted by atomic mass is 9.96. The smallest absolute Gasteiger partial charge is 0.223 e. The Balaban J connectivity index is 1.18. The molecule has 0 unspecified atom stereocenters. The molecule has 0 aromatic carbocycles. The van der Waals surface area contributed by atoms with Gasteiger partial charge in [0.15, 0.2) is 17.0 Å². The molecule has 0 radical (unpaired) electrons. The minimum atomic E-state index is 0.0805. The van der Waals surface area contributed by atoms with Crippen molar-refractivity contribution < 1.29 is 9.53 Å². The molecule has 2 aromatic rings. The Kier molecular flexibility index (Phi) is 6.31. The van der Waals surface area contributed by atoms with E-state index in [0.29, 0.717) is 6.54 Å². The van der Waals surface area contributed by atoms with Crippen LogP contribution in [0.5, 0.6) is 0 Å². The standard InChI is InChI=1S/C22H33N7O2/c30-22(23-7-11-27-12-14-31-15-13-27)17-5-9-28(10-6-17)20-19-21(25-16-24-20)29-8-3-1-2-4-18(29)26-19/h16-17H,1-15H2,(H,23,30). The summed E-state index contributed by atoms with van der Waals surface area (Å²) >= 11 is 0. The number of morpholine rings is 1. The Bertz CT molecular complexity index is 901. The van der Waals surface area contributed by atoms with E-state index >= 15 is 0 Å². The summed E-state index contributed by atoms with van der Waals surface area (Å²) in [6.07, 6.45) is 8.02. The summed E-state index contributed by atoms with van der Waals surface area (Å²) in [7, 11) is 0. The van der Waals surface area contributed by atoms with Crippen LogP contribution in [0.1, 0.15) is 37.9 Å².